The quantitative estimate of drug-likeness (QED) is 0.802. The number of hydrogen-bond acceptors (Lipinski definition) is 4. The highest BCUT2D eigenvalue weighted by atomic mass is 32.2. The number of halogens is 1. The molecule has 6 nitrogen and oxygen atoms in total. The van der Waals surface area contributed by atoms with E-state index in [4.69, 9.17) is 4.74 Å². The van der Waals surface area contributed by atoms with Crippen LogP contribution in [-0.4, -0.2) is 39.5 Å². The zero-order valence-corrected chi connectivity index (χ0v) is 14.8. The van der Waals surface area contributed by atoms with Crippen molar-refractivity contribution in [1.82, 2.24) is 4.72 Å². The van der Waals surface area contributed by atoms with Gasteiger partial charge in [0.1, 0.15) is 11.9 Å². The van der Waals surface area contributed by atoms with Gasteiger partial charge in [-0.15, -0.1) is 0 Å². The first-order valence-corrected chi connectivity index (χ1v) is 9.83. The van der Waals surface area contributed by atoms with Crippen molar-refractivity contribution in [3.8, 4) is 0 Å². The van der Waals surface area contributed by atoms with E-state index in [-0.39, 0.29) is 18.8 Å². The number of sulfonamides is 1. The van der Waals surface area contributed by atoms with E-state index >= 15 is 0 Å². The number of ether oxygens (including phenoxy) is 1. The molecule has 138 valence electrons. The molecule has 2 aromatic carbocycles. The molecule has 1 amide bonds. The number of nitrogens with one attached hydrogen (secondary N) is 1. The van der Waals surface area contributed by atoms with Gasteiger partial charge >= 0.3 is 6.09 Å². The number of carbonyl (C=O) groups excluding carboxylic acids is 1. The molecule has 0 spiro atoms. The molecule has 2 aromatic rings. The molecule has 8 heteroatoms. The van der Waals surface area contributed by atoms with Crippen LogP contribution in [0.1, 0.15) is 5.56 Å². The van der Waals surface area contributed by atoms with Gasteiger partial charge in [0.15, 0.2) is 0 Å². The van der Waals surface area contributed by atoms with Gasteiger partial charge in [0, 0.05) is 6.54 Å². The van der Waals surface area contributed by atoms with Crippen LogP contribution in [-0.2, 0) is 21.2 Å². The fourth-order valence-electron chi connectivity index (χ4n) is 2.67. The summed E-state index contributed by atoms with van der Waals surface area (Å²) in [6.45, 7) is 0.137. The largest absolute Gasteiger partial charge is 0.443 e. The second-order valence-corrected chi connectivity index (χ2v) is 7.93. The van der Waals surface area contributed by atoms with Gasteiger partial charge in [0.2, 0.25) is 10.0 Å². The Morgan fingerprint density at radius 1 is 1.15 bits per heavy atom. The molecular formula is C18H19FN2O4S. The maximum Gasteiger partial charge on any atom is 0.414 e. The standard InChI is InChI=1S/C18H19FN2O4S/c19-15-7-4-8-16(11-15)21-13-17(25-18(21)22)12-20-26(23,24)10-9-14-5-2-1-3-6-14/h1-8,11,17,20H,9-10,12-13H2. The van der Waals surface area contributed by atoms with Gasteiger partial charge in [-0.25, -0.2) is 22.3 Å². The number of carbonyl (C=O) groups is 1. The first-order valence-electron chi connectivity index (χ1n) is 8.18. The molecule has 1 unspecified atom stereocenters. The van der Waals surface area contributed by atoms with Gasteiger partial charge < -0.3 is 4.74 Å². The fourth-order valence-corrected chi connectivity index (χ4v) is 3.76. The highest BCUT2D eigenvalue weighted by molar-refractivity contribution is 7.89. The van der Waals surface area contributed by atoms with Crippen LogP contribution in [0.25, 0.3) is 0 Å². The summed E-state index contributed by atoms with van der Waals surface area (Å²) < 4.78 is 45.2. The Kier molecular flexibility index (Phi) is 5.53. The molecule has 1 atom stereocenters. The molecule has 26 heavy (non-hydrogen) atoms. The van der Waals surface area contributed by atoms with Gasteiger partial charge in [0.05, 0.1) is 18.0 Å². The third-order valence-corrected chi connectivity index (χ3v) is 5.38. The molecule has 0 aromatic heterocycles. The van der Waals surface area contributed by atoms with Crippen LogP contribution in [0.5, 0.6) is 0 Å². The maximum absolute atomic E-state index is 13.3. The van der Waals surface area contributed by atoms with E-state index in [1.807, 2.05) is 30.3 Å². The summed E-state index contributed by atoms with van der Waals surface area (Å²) in [5, 5.41) is 0. The lowest BCUT2D eigenvalue weighted by Crippen LogP contribution is -2.36. The molecule has 0 radical (unpaired) electrons. The third kappa shape index (κ3) is 4.80. The Morgan fingerprint density at radius 3 is 2.65 bits per heavy atom. The number of anilines is 1. The summed E-state index contributed by atoms with van der Waals surface area (Å²) in [5.74, 6) is -0.508. The summed E-state index contributed by atoms with van der Waals surface area (Å²) in [6, 6.07) is 14.9. The minimum atomic E-state index is -3.49. The van der Waals surface area contributed by atoms with Crippen molar-refractivity contribution < 1.29 is 22.3 Å². The highest BCUT2D eigenvalue weighted by Crippen LogP contribution is 2.22. The van der Waals surface area contributed by atoms with Crippen molar-refractivity contribution >= 4 is 21.8 Å². The molecule has 1 saturated heterocycles. The lowest BCUT2D eigenvalue weighted by molar-refractivity contribution is 0.143. The normalized spacial score (nSPS) is 17.3. The predicted molar refractivity (Wildman–Crippen MR) is 96.0 cm³/mol. The Labute approximate surface area is 151 Å². The van der Waals surface area contributed by atoms with Crippen LogP contribution in [0.3, 0.4) is 0 Å². The number of nitrogens with zero attached hydrogens (tertiary/aromatic N) is 1. The molecule has 1 heterocycles. The summed E-state index contributed by atoms with van der Waals surface area (Å²) in [6.07, 6.45) is -0.850. The molecule has 0 saturated carbocycles. The third-order valence-electron chi connectivity index (χ3n) is 4.03. The number of hydrogen-bond donors (Lipinski definition) is 1. The Balaban J connectivity index is 1.52. The lowest BCUT2D eigenvalue weighted by Gasteiger charge is -2.13. The first-order chi connectivity index (χ1) is 12.4. The zero-order valence-electron chi connectivity index (χ0n) is 14.0. The average Bonchev–Trinajstić information content (AvgIpc) is 3.00. The predicted octanol–water partition coefficient (Wildman–Crippen LogP) is 2.31. The molecule has 0 aliphatic carbocycles. The lowest BCUT2D eigenvalue weighted by atomic mass is 10.2. The first kappa shape index (κ1) is 18.3. The summed E-state index contributed by atoms with van der Waals surface area (Å²) in [7, 11) is -3.49. The van der Waals surface area contributed by atoms with E-state index in [1.54, 1.807) is 6.07 Å². The molecule has 1 fully saturated rings. The van der Waals surface area contributed by atoms with E-state index in [1.165, 1.54) is 23.1 Å². The van der Waals surface area contributed by atoms with Crippen molar-refractivity contribution in [3.63, 3.8) is 0 Å². The molecule has 1 N–H and O–H groups in total. The topological polar surface area (TPSA) is 75.7 Å². The fraction of sp³-hybridized carbons (Fsp3) is 0.278. The van der Waals surface area contributed by atoms with Gasteiger partial charge in [-0.05, 0) is 30.2 Å². The molecule has 3 rings (SSSR count). The van der Waals surface area contributed by atoms with Crippen LogP contribution in [0, 0.1) is 5.82 Å². The Morgan fingerprint density at radius 2 is 1.92 bits per heavy atom. The SMILES string of the molecule is O=C1OC(CNS(=O)(=O)CCc2ccccc2)CN1c1cccc(F)c1. The smallest absolute Gasteiger partial charge is 0.414 e. The van der Waals surface area contributed by atoms with Gasteiger partial charge in [0.25, 0.3) is 0 Å². The Bertz CT molecular complexity index is 874. The van der Waals surface area contributed by atoms with E-state index in [0.29, 0.717) is 12.1 Å². The monoisotopic (exact) mass is 378 g/mol. The van der Waals surface area contributed by atoms with Crippen molar-refractivity contribution in [3.05, 3.63) is 66.0 Å². The van der Waals surface area contributed by atoms with Gasteiger partial charge in [-0.1, -0.05) is 36.4 Å². The summed E-state index contributed by atoms with van der Waals surface area (Å²) in [5.41, 5.74) is 1.31. The maximum atomic E-state index is 13.3. The molecule has 1 aliphatic heterocycles. The second-order valence-electron chi connectivity index (χ2n) is 6.00. The number of rotatable bonds is 7. The minimum Gasteiger partial charge on any atom is -0.443 e. The van der Waals surface area contributed by atoms with E-state index in [9.17, 15) is 17.6 Å². The highest BCUT2D eigenvalue weighted by Gasteiger charge is 2.33. The van der Waals surface area contributed by atoms with Crippen molar-refractivity contribution in [2.24, 2.45) is 0 Å². The van der Waals surface area contributed by atoms with Crippen LogP contribution in [0.15, 0.2) is 54.6 Å². The van der Waals surface area contributed by atoms with Crippen LogP contribution in [0.4, 0.5) is 14.9 Å². The minimum absolute atomic E-state index is 0.0192. The summed E-state index contributed by atoms with van der Waals surface area (Å²) in [4.78, 5) is 13.2. The van der Waals surface area contributed by atoms with Crippen LogP contribution >= 0.6 is 0 Å². The van der Waals surface area contributed by atoms with Crippen molar-refractivity contribution in [1.29, 1.82) is 0 Å². The summed E-state index contributed by atoms with van der Waals surface area (Å²) >= 11 is 0. The molecular weight excluding hydrogens is 359 g/mol. The number of benzene rings is 2. The zero-order chi connectivity index (χ0) is 18.6. The van der Waals surface area contributed by atoms with E-state index in [0.717, 1.165) is 5.56 Å². The van der Waals surface area contributed by atoms with E-state index in [2.05, 4.69) is 4.72 Å². The van der Waals surface area contributed by atoms with Gasteiger partial charge in [-0.2, -0.15) is 0 Å². The molecule has 1 aliphatic rings. The average molecular weight is 378 g/mol. The van der Waals surface area contributed by atoms with Crippen molar-refractivity contribution in [2.45, 2.75) is 12.5 Å². The number of amides is 1. The second kappa shape index (κ2) is 7.84. The van der Waals surface area contributed by atoms with Crippen LogP contribution in [0.2, 0.25) is 0 Å². The molecule has 0 bridgehead atoms. The Hall–Kier alpha value is -2.45. The number of cyclic esters (lactones) is 1. The van der Waals surface area contributed by atoms with Gasteiger partial charge in [-0.3, -0.25) is 4.90 Å². The van der Waals surface area contributed by atoms with E-state index < -0.39 is 28.0 Å². The van der Waals surface area contributed by atoms with Crippen molar-refractivity contribution in [2.75, 3.05) is 23.7 Å². The van der Waals surface area contributed by atoms with Crippen LogP contribution < -0.4 is 9.62 Å². The number of aryl methyl sites for hydroxylation is 1.